The average Bonchev–Trinajstić information content (AvgIpc) is 2.23. The van der Waals surface area contributed by atoms with E-state index in [1.54, 1.807) is 0 Å². The molecule has 0 rings (SSSR count). The van der Waals surface area contributed by atoms with Gasteiger partial charge in [-0.1, -0.05) is 12.8 Å². The van der Waals surface area contributed by atoms with Crippen molar-refractivity contribution in [1.29, 1.82) is 0 Å². The van der Waals surface area contributed by atoms with Crippen LogP contribution in [0.3, 0.4) is 0 Å². The fraction of sp³-hybridized carbons (Fsp3) is 0.909. The summed E-state index contributed by atoms with van der Waals surface area (Å²) in [7, 11) is -2.91. The topological polar surface area (TPSA) is 89.3 Å². The second kappa shape index (κ2) is 9.41. The number of nitrogens with one attached hydrogen (secondary N) is 1. The second-order valence-corrected chi connectivity index (χ2v) is 6.55. The first-order valence-electron chi connectivity index (χ1n) is 6.10. The monoisotopic (exact) mass is 264 g/mol. The Kier molecular flexibility index (Phi) is 9.07. The van der Waals surface area contributed by atoms with Crippen LogP contribution in [0, 0.1) is 0 Å². The van der Waals surface area contributed by atoms with Gasteiger partial charge < -0.3 is 11.1 Å². The number of amides is 1. The van der Waals surface area contributed by atoms with Gasteiger partial charge in [-0.25, -0.2) is 8.42 Å². The maximum absolute atomic E-state index is 11.3. The Morgan fingerprint density at radius 2 is 1.76 bits per heavy atom. The Morgan fingerprint density at radius 3 is 2.35 bits per heavy atom. The van der Waals surface area contributed by atoms with E-state index in [9.17, 15) is 13.2 Å². The molecule has 0 aliphatic carbocycles. The minimum atomic E-state index is -2.91. The summed E-state index contributed by atoms with van der Waals surface area (Å²) in [6.07, 6.45) is 6.17. The molecule has 1 amide bonds. The van der Waals surface area contributed by atoms with Crippen molar-refractivity contribution in [3.8, 4) is 0 Å². The highest BCUT2D eigenvalue weighted by Crippen LogP contribution is 2.01. The molecule has 6 heteroatoms. The Hall–Kier alpha value is -0.620. The van der Waals surface area contributed by atoms with Crippen LogP contribution in [-0.4, -0.2) is 39.4 Å². The zero-order valence-corrected chi connectivity index (χ0v) is 11.4. The Labute approximate surface area is 104 Å². The maximum Gasteiger partial charge on any atom is 0.219 e. The van der Waals surface area contributed by atoms with Gasteiger partial charge in [0.05, 0.1) is 5.75 Å². The molecule has 5 nitrogen and oxygen atoms in total. The Balaban J connectivity index is 3.35. The average molecular weight is 264 g/mol. The zero-order chi connectivity index (χ0) is 13.1. The van der Waals surface area contributed by atoms with Crippen LogP contribution in [0.25, 0.3) is 0 Å². The van der Waals surface area contributed by atoms with Crippen LogP contribution in [0.15, 0.2) is 0 Å². The third-order valence-corrected chi connectivity index (χ3v) is 3.40. The van der Waals surface area contributed by atoms with Crippen molar-refractivity contribution in [3.63, 3.8) is 0 Å². The molecular formula is C11H24N2O3S. The van der Waals surface area contributed by atoms with Crippen LogP contribution in [0.2, 0.25) is 0 Å². The van der Waals surface area contributed by atoms with Crippen LogP contribution in [0.4, 0.5) is 0 Å². The van der Waals surface area contributed by atoms with Crippen LogP contribution in [-0.2, 0) is 14.6 Å². The molecule has 0 bridgehead atoms. The van der Waals surface area contributed by atoms with Crippen LogP contribution in [0.5, 0.6) is 0 Å². The maximum atomic E-state index is 11.3. The first-order valence-corrected chi connectivity index (χ1v) is 8.16. The van der Waals surface area contributed by atoms with E-state index in [1.165, 1.54) is 6.26 Å². The van der Waals surface area contributed by atoms with Gasteiger partial charge in [-0.3, -0.25) is 4.79 Å². The van der Waals surface area contributed by atoms with Gasteiger partial charge in [0, 0.05) is 19.2 Å². The number of hydrogen-bond acceptors (Lipinski definition) is 4. The fourth-order valence-electron chi connectivity index (χ4n) is 1.43. The molecule has 0 radical (unpaired) electrons. The summed E-state index contributed by atoms with van der Waals surface area (Å²) in [6.45, 7) is 1.15. The Bertz CT molecular complexity index is 302. The van der Waals surface area contributed by atoms with Gasteiger partial charge in [-0.05, 0) is 25.8 Å². The molecule has 0 aliphatic rings. The van der Waals surface area contributed by atoms with Gasteiger partial charge in [0.15, 0.2) is 0 Å². The summed E-state index contributed by atoms with van der Waals surface area (Å²) in [5.41, 5.74) is 5.36. The third-order valence-electron chi connectivity index (χ3n) is 2.37. The summed E-state index contributed by atoms with van der Waals surface area (Å²) in [5.74, 6) is 0.135. The molecule has 0 heterocycles. The van der Waals surface area contributed by atoms with Crippen molar-refractivity contribution in [3.05, 3.63) is 0 Å². The summed E-state index contributed by atoms with van der Waals surface area (Å²) in [5, 5.41) is 2.72. The largest absolute Gasteiger partial charge is 0.356 e. The summed E-state index contributed by atoms with van der Waals surface area (Å²) < 4.78 is 21.7. The van der Waals surface area contributed by atoms with Crippen molar-refractivity contribution in [2.45, 2.75) is 38.5 Å². The zero-order valence-electron chi connectivity index (χ0n) is 10.6. The van der Waals surface area contributed by atoms with Gasteiger partial charge in [-0.15, -0.1) is 0 Å². The third kappa shape index (κ3) is 13.3. The van der Waals surface area contributed by atoms with Crippen molar-refractivity contribution >= 4 is 15.7 Å². The first-order chi connectivity index (χ1) is 7.95. The van der Waals surface area contributed by atoms with Gasteiger partial charge >= 0.3 is 0 Å². The summed E-state index contributed by atoms with van der Waals surface area (Å²) >= 11 is 0. The lowest BCUT2D eigenvalue weighted by Crippen LogP contribution is -2.25. The van der Waals surface area contributed by atoms with E-state index in [-0.39, 0.29) is 11.7 Å². The molecule has 0 unspecified atom stereocenters. The van der Waals surface area contributed by atoms with E-state index < -0.39 is 9.84 Å². The molecule has 0 aliphatic heterocycles. The number of sulfone groups is 1. The van der Waals surface area contributed by atoms with Crippen LogP contribution < -0.4 is 11.1 Å². The van der Waals surface area contributed by atoms with Gasteiger partial charge in [0.2, 0.25) is 5.91 Å². The molecule has 0 spiro atoms. The lowest BCUT2D eigenvalue weighted by atomic mass is 10.1. The smallest absolute Gasteiger partial charge is 0.219 e. The number of carbonyl (C=O) groups excluding carboxylic acids is 1. The fourth-order valence-corrected chi connectivity index (χ4v) is 2.10. The van der Waals surface area contributed by atoms with Crippen molar-refractivity contribution in [2.75, 3.05) is 25.1 Å². The Morgan fingerprint density at radius 1 is 1.12 bits per heavy atom. The lowest BCUT2D eigenvalue weighted by molar-refractivity contribution is -0.121. The normalized spacial score (nSPS) is 11.4. The molecule has 0 aromatic heterocycles. The van der Waals surface area contributed by atoms with E-state index in [0.29, 0.717) is 25.9 Å². The first kappa shape index (κ1) is 16.4. The van der Waals surface area contributed by atoms with Crippen LogP contribution >= 0.6 is 0 Å². The molecule has 0 saturated heterocycles. The SMILES string of the molecule is CS(=O)(=O)CCCNC(=O)CCCCCCN. The van der Waals surface area contributed by atoms with E-state index in [2.05, 4.69) is 5.32 Å². The summed E-state index contributed by atoms with van der Waals surface area (Å²) in [6, 6.07) is 0. The highest BCUT2D eigenvalue weighted by molar-refractivity contribution is 7.90. The predicted octanol–water partition coefficient (Wildman–Crippen LogP) is 0.447. The highest BCUT2D eigenvalue weighted by Gasteiger charge is 2.03. The number of rotatable bonds is 10. The molecule has 0 aromatic rings. The van der Waals surface area contributed by atoms with Crippen molar-refractivity contribution in [2.24, 2.45) is 5.73 Å². The van der Waals surface area contributed by atoms with Gasteiger partial charge in [0.1, 0.15) is 9.84 Å². The standard InChI is InChI=1S/C11H24N2O3S/c1-17(15,16)10-6-9-13-11(14)7-4-2-3-5-8-12/h2-10,12H2,1H3,(H,13,14). The number of nitrogens with two attached hydrogens (primary N) is 1. The molecule has 0 aromatic carbocycles. The molecule has 102 valence electrons. The molecule has 3 N–H and O–H groups in total. The van der Waals surface area contributed by atoms with Crippen molar-refractivity contribution < 1.29 is 13.2 Å². The second-order valence-electron chi connectivity index (χ2n) is 4.29. The van der Waals surface area contributed by atoms with E-state index in [0.717, 1.165) is 25.7 Å². The molecule has 17 heavy (non-hydrogen) atoms. The minimum absolute atomic E-state index is 0.00579. The lowest BCUT2D eigenvalue weighted by Gasteiger charge is -2.04. The van der Waals surface area contributed by atoms with Gasteiger partial charge in [-0.2, -0.15) is 0 Å². The minimum Gasteiger partial charge on any atom is -0.356 e. The highest BCUT2D eigenvalue weighted by atomic mass is 32.2. The van der Waals surface area contributed by atoms with Crippen molar-refractivity contribution in [1.82, 2.24) is 5.32 Å². The van der Waals surface area contributed by atoms with E-state index in [1.807, 2.05) is 0 Å². The molecule has 0 saturated carbocycles. The van der Waals surface area contributed by atoms with Gasteiger partial charge in [0.25, 0.3) is 0 Å². The molecule has 0 fully saturated rings. The quantitative estimate of drug-likeness (QED) is 0.561. The number of unbranched alkanes of at least 4 members (excludes halogenated alkanes) is 3. The van der Waals surface area contributed by atoms with Crippen LogP contribution in [0.1, 0.15) is 38.5 Å². The summed E-state index contributed by atoms with van der Waals surface area (Å²) in [4.78, 5) is 11.3. The van der Waals surface area contributed by atoms with E-state index in [4.69, 9.17) is 5.73 Å². The number of carbonyl (C=O) groups is 1. The molecule has 0 atom stereocenters. The van der Waals surface area contributed by atoms with E-state index >= 15 is 0 Å². The predicted molar refractivity (Wildman–Crippen MR) is 69.5 cm³/mol. The number of hydrogen-bond donors (Lipinski definition) is 2. The molecular weight excluding hydrogens is 240 g/mol.